The van der Waals surface area contributed by atoms with E-state index in [1.54, 1.807) is 0 Å². The van der Waals surface area contributed by atoms with Crippen molar-refractivity contribution in [3.8, 4) is 5.75 Å². The normalized spacial score (nSPS) is 23.2. The lowest BCUT2D eigenvalue weighted by Gasteiger charge is -2.38. The molecule has 2 aromatic rings. The van der Waals surface area contributed by atoms with Gasteiger partial charge in [-0.3, -0.25) is 4.79 Å². The fraction of sp³-hybridized carbons (Fsp3) is 0.421. The molecule has 2 atom stereocenters. The summed E-state index contributed by atoms with van der Waals surface area (Å²) in [4.78, 5) is 23.3. The number of piperidine rings is 1. The maximum Gasteiger partial charge on any atom is 0.264 e. The number of para-hydroxylation sites is 1. The van der Waals surface area contributed by atoms with E-state index in [2.05, 4.69) is 16.0 Å². The number of hydrogen-bond acceptors (Lipinski definition) is 4. The maximum absolute atomic E-state index is 13.1. The van der Waals surface area contributed by atoms with Crippen molar-refractivity contribution in [2.45, 2.75) is 44.2 Å². The van der Waals surface area contributed by atoms with E-state index in [4.69, 9.17) is 4.74 Å². The van der Waals surface area contributed by atoms with Crippen LogP contribution in [0.1, 0.15) is 42.9 Å². The molecule has 1 saturated heterocycles. The van der Waals surface area contributed by atoms with E-state index in [1.165, 1.54) is 11.9 Å². The monoisotopic (exact) mass is 323 g/mol. The van der Waals surface area contributed by atoms with Crippen LogP contribution < -0.4 is 4.74 Å². The van der Waals surface area contributed by atoms with Crippen molar-refractivity contribution in [1.82, 2.24) is 14.9 Å². The second-order valence-electron chi connectivity index (χ2n) is 6.47. The van der Waals surface area contributed by atoms with Crippen molar-refractivity contribution in [3.05, 3.63) is 54.1 Å². The first-order chi connectivity index (χ1) is 11.8. The molecule has 0 saturated carbocycles. The van der Waals surface area contributed by atoms with E-state index in [1.807, 2.05) is 35.5 Å². The Hall–Kier alpha value is -2.43. The second kappa shape index (κ2) is 6.59. The predicted molar refractivity (Wildman–Crippen MR) is 89.5 cm³/mol. The molecule has 0 radical (unpaired) electrons. The van der Waals surface area contributed by atoms with E-state index in [9.17, 15) is 4.79 Å². The van der Waals surface area contributed by atoms with Crippen molar-refractivity contribution >= 4 is 5.91 Å². The molecule has 0 N–H and O–H groups in total. The van der Waals surface area contributed by atoms with Crippen molar-refractivity contribution in [3.63, 3.8) is 0 Å². The fourth-order valence-electron chi connectivity index (χ4n) is 3.71. The van der Waals surface area contributed by atoms with Crippen LogP contribution in [-0.2, 0) is 11.2 Å². The first kappa shape index (κ1) is 15.1. The number of amides is 1. The van der Waals surface area contributed by atoms with Gasteiger partial charge in [-0.2, -0.15) is 0 Å². The van der Waals surface area contributed by atoms with E-state index < -0.39 is 0 Å². The average Bonchev–Trinajstić information content (AvgIpc) is 2.68. The van der Waals surface area contributed by atoms with Gasteiger partial charge >= 0.3 is 0 Å². The van der Waals surface area contributed by atoms with Gasteiger partial charge in [-0.1, -0.05) is 18.2 Å². The van der Waals surface area contributed by atoms with Gasteiger partial charge in [0, 0.05) is 24.5 Å². The molecule has 0 aliphatic carbocycles. The number of likely N-dealkylation sites (tertiary alicyclic amines) is 1. The summed E-state index contributed by atoms with van der Waals surface area (Å²) in [6.07, 6.45) is 9.54. The zero-order valence-corrected chi connectivity index (χ0v) is 13.6. The van der Waals surface area contributed by atoms with Crippen LogP contribution in [0.5, 0.6) is 5.75 Å². The molecular formula is C19H21N3O2. The number of ether oxygens (including phenoxy) is 1. The van der Waals surface area contributed by atoms with Gasteiger partial charge in [0.15, 0.2) is 6.10 Å². The molecule has 2 unspecified atom stereocenters. The highest BCUT2D eigenvalue weighted by atomic mass is 16.5. The van der Waals surface area contributed by atoms with Crippen LogP contribution in [0.15, 0.2) is 43.0 Å². The summed E-state index contributed by atoms with van der Waals surface area (Å²) in [5.41, 5.74) is 2.20. The number of carbonyl (C=O) groups is 1. The van der Waals surface area contributed by atoms with Crippen molar-refractivity contribution < 1.29 is 9.53 Å². The van der Waals surface area contributed by atoms with Crippen LogP contribution in [0.3, 0.4) is 0 Å². The van der Waals surface area contributed by atoms with Crippen molar-refractivity contribution in [2.24, 2.45) is 0 Å². The number of hydrogen-bond donors (Lipinski definition) is 0. The second-order valence-corrected chi connectivity index (χ2v) is 6.47. The van der Waals surface area contributed by atoms with Crippen molar-refractivity contribution in [2.75, 3.05) is 6.54 Å². The first-order valence-electron chi connectivity index (χ1n) is 8.63. The molecule has 1 amide bonds. The lowest BCUT2D eigenvalue weighted by atomic mass is 9.95. The molecule has 1 aromatic heterocycles. The SMILES string of the molecule is O=C(C1CCc2ccccc2O1)N1CCCCC1c1cncnc1. The summed E-state index contributed by atoms with van der Waals surface area (Å²) in [5.74, 6) is 0.941. The quantitative estimate of drug-likeness (QED) is 0.853. The molecule has 5 heteroatoms. The number of rotatable bonds is 2. The maximum atomic E-state index is 13.1. The van der Waals surface area contributed by atoms with Gasteiger partial charge in [0.25, 0.3) is 5.91 Å². The summed E-state index contributed by atoms with van der Waals surface area (Å²) in [6, 6.07) is 8.05. The molecule has 1 fully saturated rings. The first-order valence-corrected chi connectivity index (χ1v) is 8.63. The molecule has 5 nitrogen and oxygen atoms in total. The largest absolute Gasteiger partial charge is 0.480 e. The summed E-state index contributed by atoms with van der Waals surface area (Å²) >= 11 is 0. The minimum Gasteiger partial charge on any atom is -0.480 e. The fourth-order valence-corrected chi connectivity index (χ4v) is 3.71. The van der Waals surface area contributed by atoms with Gasteiger partial charge in [0.1, 0.15) is 12.1 Å². The summed E-state index contributed by atoms with van der Waals surface area (Å²) < 4.78 is 6.01. The Morgan fingerprint density at radius 1 is 1.12 bits per heavy atom. The third-order valence-electron chi connectivity index (χ3n) is 4.94. The molecule has 4 rings (SSSR count). The molecule has 2 aliphatic rings. The molecule has 0 spiro atoms. The van der Waals surface area contributed by atoms with Gasteiger partial charge in [0.05, 0.1) is 6.04 Å². The summed E-state index contributed by atoms with van der Waals surface area (Å²) in [6.45, 7) is 0.778. The molecule has 24 heavy (non-hydrogen) atoms. The van der Waals surface area contributed by atoms with Gasteiger partial charge in [-0.15, -0.1) is 0 Å². The number of aryl methyl sites for hydroxylation is 1. The van der Waals surface area contributed by atoms with Crippen LogP contribution in [0.2, 0.25) is 0 Å². The highest BCUT2D eigenvalue weighted by Crippen LogP contribution is 2.33. The van der Waals surface area contributed by atoms with E-state index >= 15 is 0 Å². The molecule has 2 aliphatic heterocycles. The molecule has 1 aromatic carbocycles. The van der Waals surface area contributed by atoms with Crippen LogP contribution in [0.4, 0.5) is 0 Å². The Bertz CT molecular complexity index is 720. The van der Waals surface area contributed by atoms with Gasteiger partial charge in [-0.05, 0) is 43.7 Å². The highest BCUT2D eigenvalue weighted by molar-refractivity contribution is 5.82. The Balaban J connectivity index is 1.54. The number of aromatic nitrogens is 2. The van der Waals surface area contributed by atoms with Crippen molar-refractivity contribution in [1.29, 1.82) is 0 Å². The molecule has 3 heterocycles. The summed E-state index contributed by atoms with van der Waals surface area (Å²) in [5, 5.41) is 0. The average molecular weight is 323 g/mol. The smallest absolute Gasteiger partial charge is 0.264 e. The number of carbonyl (C=O) groups excluding carboxylic acids is 1. The van der Waals surface area contributed by atoms with E-state index in [0.717, 1.165) is 50.0 Å². The van der Waals surface area contributed by atoms with Gasteiger partial charge in [0.2, 0.25) is 0 Å². The Morgan fingerprint density at radius 2 is 1.96 bits per heavy atom. The molecule has 0 bridgehead atoms. The third kappa shape index (κ3) is 2.86. The minimum absolute atomic E-state index is 0.0632. The third-order valence-corrected chi connectivity index (χ3v) is 4.94. The minimum atomic E-state index is -0.384. The number of fused-ring (bicyclic) bond motifs is 1. The van der Waals surface area contributed by atoms with Gasteiger partial charge in [-0.25, -0.2) is 9.97 Å². The predicted octanol–water partition coefficient (Wildman–Crippen LogP) is 2.92. The zero-order valence-electron chi connectivity index (χ0n) is 13.6. The lowest BCUT2D eigenvalue weighted by molar-refractivity contribution is -0.143. The highest BCUT2D eigenvalue weighted by Gasteiger charge is 2.35. The number of benzene rings is 1. The number of nitrogens with zero attached hydrogens (tertiary/aromatic N) is 3. The topological polar surface area (TPSA) is 55.3 Å². The Labute approximate surface area is 141 Å². The van der Waals surface area contributed by atoms with Gasteiger partial charge < -0.3 is 9.64 Å². The molecule has 124 valence electrons. The standard InChI is InChI=1S/C19H21N3O2/c23-19(18-9-8-14-5-1-2-7-17(14)24-18)22-10-4-3-6-16(22)15-11-20-13-21-12-15/h1-2,5,7,11-13,16,18H,3-4,6,8-10H2. The zero-order chi connectivity index (χ0) is 16.4. The van der Waals surface area contributed by atoms with Crippen LogP contribution in [0.25, 0.3) is 0 Å². The van der Waals surface area contributed by atoms with Crippen LogP contribution >= 0.6 is 0 Å². The van der Waals surface area contributed by atoms with Crippen LogP contribution in [-0.4, -0.2) is 33.4 Å². The van der Waals surface area contributed by atoms with E-state index in [-0.39, 0.29) is 18.1 Å². The Kier molecular flexibility index (Phi) is 4.15. The summed E-state index contributed by atoms with van der Waals surface area (Å²) in [7, 11) is 0. The lowest BCUT2D eigenvalue weighted by Crippen LogP contribution is -2.47. The Morgan fingerprint density at radius 3 is 2.83 bits per heavy atom. The van der Waals surface area contributed by atoms with E-state index in [0.29, 0.717) is 0 Å². The molecular weight excluding hydrogens is 302 g/mol. The van der Waals surface area contributed by atoms with Crippen LogP contribution in [0, 0.1) is 0 Å².